The first-order valence-electron chi connectivity index (χ1n) is 8.68. The fraction of sp³-hybridized carbons (Fsp3) is 0.0500. The van der Waals surface area contributed by atoms with Crippen molar-refractivity contribution in [3.63, 3.8) is 0 Å². The van der Waals surface area contributed by atoms with Crippen LogP contribution in [-0.4, -0.2) is 20.5 Å². The molecule has 30 heavy (non-hydrogen) atoms. The minimum Gasteiger partial charge on any atom is -0.258 e. The summed E-state index contributed by atoms with van der Waals surface area (Å²) in [6, 6.07) is 10.9. The first-order chi connectivity index (χ1) is 14.3. The zero-order valence-electron chi connectivity index (χ0n) is 15.4. The van der Waals surface area contributed by atoms with Crippen LogP contribution in [0.4, 0.5) is 11.4 Å². The van der Waals surface area contributed by atoms with E-state index in [0.29, 0.717) is 16.8 Å². The molecule has 0 bridgehead atoms. The van der Waals surface area contributed by atoms with Crippen molar-refractivity contribution in [1.82, 2.24) is 0 Å². The standard InChI is InChI=1S/C20H12N4O6/c1-11-4-2-3-5-16(11)21-20-15-9-12-8-13(22(25)26)6-7-14(12)19(15)17(23(27)28)10-18(20)24(29)30/h2-10H,1H3. The Kier molecular flexibility index (Phi) is 4.31. The van der Waals surface area contributed by atoms with Gasteiger partial charge in [-0.05, 0) is 41.8 Å². The van der Waals surface area contributed by atoms with Gasteiger partial charge in [0.25, 0.3) is 11.4 Å². The van der Waals surface area contributed by atoms with Crippen LogP contribution in [0, 0.1) is 37.3 Å². The van der Waals surface area contributed by atoms with Gasteiger partial charge in [-0.15, -0.1) is 0 Å². The summed E-state index contributed by atoms with van der Waals surface area (Å²) in [5.41, 5.74) is 1.16. The van der Waals surface area contributed by atoms with E-state index in [1.807, 2.05) is 0 Å². The molecule has 0 aliphatic heterocycles. The van der Waals surface area contributed by atoms with E-state index in [2.05, 4.69) is 4.99 Å². The molecule has 4 rings (SSSR count). The van der Waals surface area contributed by atoms with Gasteiger partial charge in [0.1, 0.15) is 5.71 Å². The summed E-state index contributed by atoms with van der Waals surface area (Å²) in [6.45, 7) is 1.79. The number of rotatable bonds is 4. The monoisotopic (exact) mass is 404 g/mol. The molecular weight excluding hydrogens is 392 g/mol. The average molecular weight is 404 g/mol. The smallest absolute Gasteiger partial charge is 0.258 e. The van der Waals surface area contributed by atoms with Crippen LogP contribution in [0.15, 0.2) is 70.5 Å². The second kappa shape index (κ2) is 6.85. The number of aryl methyl sites for hydroxylation is 1. The van der Waals surface area contributed by atoms with Gasteiger partial charge in [0.15, 0.2) is 0 Å². The topological polar surface area (TPSA) is 142 Å². The van der Waals surface area contributed by atoms with Crippen LogP contribution in [0.1, 0.15) is 16.7 Å². The summed E-state index contributed by atoms with van der Waals surface area (Å²) in [7, 11) is 0. The molecule has 0 amide bonds. The van der Waals surface area contributed by atoms with Crippen molar-refractivity contribution in [1.29, 1.82) is 0 Å². The molecule has 0 unspecified atom stereocenters. The molecule has 2 aliphatic rings. The first kappa shape index (κ1) is 18.9. The largest absolute Gasteiger partial charge is 0.302 e. The summed E-state index contributed by atoms with van der Waals surface area (Å²) < 4.78 is 0. The summed E-state index contributed by atoms with van der Waals surface area (Å²) in [4.78, 5) is 36.9. The molecule has 10 nitrogen and oxygen atoms in total. The number of non-ortho nitro benzene ring substituents is 1. The second-order valence-corrected chi connectivity index (χ2v) is 6.64. The molecular formula is C20H12N4O6. The number of para-hydroxylation sites is 1. The summed E-state index contributed by atoms with van der Waals surface area (Å²) in [5.74, 6) is 0. The van der Waals surface area contributed by atoms with Crippen molar-refractivity contribution in [2.24, 2.45) is 4.99 Å². The third-order valence-corrected chi connectivity index (χ3v) is 4.85. The Morgan fingerprint density at radius 3 is 2.23 bits per heavy atom. The first-order valence-corrected chi connectivity index (χ1v) is 8.68. The number of allylic oxidation sites excluding steroid dienone is 3. The van der Waals surface area contributed by atoms with Crippen molar-refractivity contribution in [3.05, 3.63) is 113 Å². The SMILES string of the molecule is Cc1ccccc1N=C1C2=Cc3cc([N+](=O)[O-])ccc3C2=C([N+](=O)[O-])C=C1[N+](=O)[O-]. The van der Waals surface area contributed by atoms with E-state index >= 15 is 0 Å². The Bertz CT molecular complexity index is 1290. The molecule has 0 saturated heterocycles. The van der Waals surface area contributed by atoms with Gasteiger partial charge in [-0.25, -0.2) is 4.99 Å². The van der Waals surface area contributed by atoms with Crippen LogP contribution in [-0.2, 0) is 0 Å². The number of nitro benzene ring substituents is 1. The maximum atomic E-state index is 11.7. The van der Waals surface area contributed by atoms with Gasteiger partial charge in [-0.3, -0.25) is 30.3 Å². The normalized spacial score (nSPS) is 16.0. The van der Waals surface area contributed by atoms with Gasteiger partial charge in [0, 0.05) is 17.7 Å². The average Bonchev–Trinajstić information content (AvgIpc) is 3.08. The zero-order chi connectivity index (χ0) is 21.6. The highest BCUT2D eigenvalue weighted by Crippen LogP contribution is 2.44. The number of nitrogens with zero attached hydrogens (tertiary/aromatic N) is 4. The molecule has 10 heteroatoms. The van der Waals surface area contributed by atoms with E-state index in [1.165, 1.54) is 24.3 Å². The fourth-order valence-electron chi connectivity index (χ4n) is 3.46. The van der Waals surface area contributed by atoms with Gasteiger partial charge < -0.3 is 0 Å². The highest BCUT2D eigenvalue weighted by molar-refractivity contribution is 6.28. The van der Waals surface area contributed by atoms with Crippen molar-refractivity contribution in [2.45, 2.75) is 6.92 Å². The van der Waals surface area contributed by atoms with Crippen LogP contribution in [0.5, 0.6) is 0 Å². The molecule has 0 atom stereocenters. The van der Waals surface area contributed by atoms with E-state index in [1.54, 1.807) is 31.2 Å². The highest BCUT2D eigenvalue weighted by atomic mass is 16.6. The Balaban J connectivity index is 2.02. The predicted molar refractivity (Wildman–Crippen MR) is 108 cm³/mol. The van der Waals surface area contributed by atoms with E-state index in [4.69, 9.17) is 0 Å². The van der Waals surface area contributed by atoms with E-state index in [-0.39, 0.29) is 22.5 Å². The van der Waals surface area contributed by atoms with Crippen molar-refractivity contribution < 1.29 is 14.8 Å². The molecule has 2 aromatic rings. The molecule has 0 fully saturated rings. The van der Waals surface area contributed by atoms with E-state index in [9.17, 15) is 30.3 Å². The number of nitro groups is 3. The molecule has 0 saturated carbocycles. The summed E-state index contributed by atoms with van der Waals surface area (Å²) in [5, 5.41) is 34.5. The molecule has 2 aliphatic carbocycles. The Morgan fingerprint density at radius 2 is 1.60 bits per heavy atom. The number of fused-ring (bicyclic) bond motifs is 3. The summed E-state index contributed by atoms with van der Waals surface area (Å²) in [6.07, 6.45) is 2.36. The van der Waals surface area contributed by atoms with E-state index < -0.39 is 26.2 Å². The van der Waals surface area contributed by atoms with Crippen LogP contribution in [0.3, 0.4) is 0 Å². The van der Waals surface area contributed by atoms with Gasteiger partial charge in [0.05, 0.1) is 32.1 Å². The van der Waals surface area contributed by atoms with Gasteiger partial charge in [-0.1, -0.05) is 18.2 Å². The van der Waals surface area contributed by atoms with Crippen LogP contribution >= 0.6 is 0 Å². The Hall–Kier alpha value is -4.47. The molecule has 0 spiro atoms. The lowest BCUT2D eigenvalue weighted by Crippen LogP contribution is -2.20. The van der Waals surface area contributed by atoms with Crippen molar-refractivity contribution in [2.75, 3.05) is 0 Å². The van der Waals surface area contributed by atoms with Crippen LogP contribution < -0.4 is 0 Å². The molecule has 148 valence electrons. The summed E-state index contributed by atoms with van der Waals surface area (Å²) >= 11 is 0. The lowest BCUT2D eigenvalue weighted by atomic mass is 9.91. The number of hydrogen-bond donors (Lipinski definition) is 0. The number of benzene rings is 2. The third kappa shape index (κ3) is 2.96. The molecule has 0 radical (unpaired) electrons. The van der Waals surface area contributed by atoms with Gasteiger partial charge in [0.2, 0.25) is 0 Å². The second-order valence-electron chi connectivity index (χ2n) is 6.64. The van der Waals surface area contributed by atoms with Crippen LogP contribution in [0.2, 0.25) is 0 Å². The number of aliphatic imine (C=N–C) groups is 1. The van der Waals surface area contributed by atoms with Gasteiger partial charge >= 0.3 is 5.70 Å². The molecule has 0 heterocycles. The van der Waals surface area contributed by atoms with Gasteiger partial charge in [-0.2, -0.15) is 0 Å². The minimum atomic E-state index is -0.719. The molecule has 0 aromatic heterocycles. The minimum absolute atomic E-state index is 0.0336. The number of hydrogen-bond acceptors (Lipinski definition) is 7. The lowest BCUT2D eigenvalue weighted by molar-refractivity contribution is -0.428. The maximum Gasteiger partial charge on any atom is 0.302 e. The lowest BCUT2D eigenvalue weighted by Gasteiger charge is -2.14. The highest BCUT2D eigenvalue weighted by Gasteiger charge is 2.41. The Morgan fingerprint density at radius 1 is 0.867 bits per heavy atom. The third-order valence-electron chi connectivity index (χ3n) is 4.85. The Labute approximate surface area is 168 Å². The fourth-order valence-corrected chi connectivity index (χ4v) is 3.46. The van der Waals surface area contributed by atoms with Crippen molar-refractivity contribution >= 4 is 28.7 Å². The van der Waals surface area contributed by atoms with E-state index in [0.717, 1.165) is 11.6 Å². The van der Waals surface area contributed by atoms with Crippen molar-refractivity contribution in [3.8, 4) is 0 Å². The molecule has 0 N–H and O–H groups in total. The zero-order valence-corrected chi connectivity index (χ0v) is 15.4. The molecule has 2 aromatic carbocycles. The van der Waals surface area contributed by atoms with Crippen LogP contribution in [0.25, 0.3) is 11.6 Å². The quantitative estimate of drug-likeness (QED) is 0.551. The maximum absolute atomic E-state index is 11.7. The predicted octanol–water partition coefficient (Wildman–Crippen LogP) is 4.23.